The van der Waals surface area contributed by atoms with Crippen LogP contribution in [0.1, 0.15) is 20.8 Å². The standard InChI is InChI=1S/C16H20N2O6S/c1-9(2)22-16(19)23-10(3)25-15-18-17-14(24-15)11-6-12(20-4)8-13(7-11)21-5/h6-10H,1-5H3. The summed E-state index contributed by atoms with van der Waals surface area (Å²) in [4.78, 5) is 11.5. The summed E-state index contributed by atoms with van der Waals surface area (Å²) in [5, 5.41) is 8.21. The van der Waals surface area contributed by atoms with Crippen molar-refractivity contribution in [3.05, 3.63) is 18.2 Å². The first-order valence-corrected chi connectivity index (χ1v) is 8.40. The van der Waals surface area contributed by atoms with Crippen LogP contribution in [0, 0.1) is 0 Å². The molecule has 0 aliphatic heterocycles. The molecule has 0 bridgehead atoms. The Kier molecular flexibility index (Phi) is 6.51. The van der Waals surface area contributed by atoms with Crippen LogP contribution in [0.2, 0.25) is 0 Å². The van der Waals surface area contributed by atoms with Gasteiger partial charge in [0, 0.05) is 11.6 Å². The minimum Gasteiger partial charge on any atom is -0.497 e. The largest absolute Gasteiger partial charge is 0.509 e. The number of thioether (sulfide) groups is 1. The van der Waals surface area contributed by atoms with Gasteiger partial charge in [0.15, 0.2) is 5.44 Å². The number of nitrogens with zero attached hydrogens (tertiary/aromatic N) is 2. The molecule has 1 unspecified atom stereocenters. The van der Waals surface area contributed by atoms with E-state index in [4.69, 9.17) is 23.4 Å². The van der Waals surface area contributed by atoms with Crippen LogP contribution in [-0.4, -0.2) is 42.1 Å². The number of hydrogen-bond donors (Lipinski definition) is 0. The van der Waals surface area contributed by atoms with Crippen molar-refractivity contribution in [2.24, 2.45) is 0 Å². The molecular formula is C16H20N2O6S. The van der Waals surface area contributed by atoms with Gasteiger partial charge in [-0.3, -0.25) is 0 Å². The third kappa shape index (κ3) is 5.56. The van der Waals surface area contributed by atoms with Crippen molar-refractivity contribution < 1.29 is 28.2 Å². The Morgan fingerprint density at radius 3 is 2.24 bits per heavy atom. The number of carbonyl (C=O) groups is 1. The monoisotopic (exact) mass is 368 g/mol. The van der Waals surface area contributed by atoms with Gasteiger partial charge in [0.05, 0.1) is 20.3 Å². The molecule has 0 spiro atoms. The van der Waals surface area contributed by atoms with Gasteiger partial charge in [-0.2, -0.15) is 0 Å². The predicted octanol–water partition coefficient (Wildman–Crippen LogP) is 3.75. The zero-order chi connectivity index (χ0) is 18.4. The van der Waals surface area contributed by atoms with Crippen molar-refractivity contribution in [1.29, 1.82) is 0 Å². The van der Waals surface area contributed by atoms with Gasteiger partial charge in [-0.05, 0) is 44.7 Å². The van der Waals surface area contributed by atoms with Gasteiger partial charge >= 0.3 is 6.16 Å². The van der Waals surface area contributed by atoms with E-state index in [0.29, 0.717) is 23.0 Å². The Hall–Kier alpha value is -2.42. The molecule has 0 aliphatic carbocycles. The second-order valence-corrected chi connectivity index (χ2v) is 6.44. The molecule has 8 nitrogen and oxygen atoms in total. The molecule has 1 aromatic carbocycles. The summed E-state index contributed by atoms with van der Waals surface area (Å²) in [6.45, 7) is 5.17. The molecule has 0 aliphatic rings. The lowest BCUT2D eigenvalue weighted by atomic mass is 10.2. The Morgan fingerprint density at radius 1 is 1.04 bits per heavy atom. The highest BCUT2D eigenvalue weighted by Gasteiger charge is 2.18. The predicted molar refractivity (Wildman–Crippen MR) is 90.9 cm³/mol. The van der Waals surface area contributed by atoms with E-state index in [1.165, 1.54) is 0 Å². The first-order valence-electron chi connectivity index (χ1n) is 7.52. The van der Waals surface area contributed by atoms with E-state index < -0.39 is 11.6 Å². The quantitative estimate of drug-likeness (QED) is 0.411. The molecule has 0 radical (unpaired) electrons. The maximum atomic E-state index is 11.5. The molecule has 0 amide bonds. The first kappa shape index (κ1) is 18.9. The van der Waals surface area contributed by atoms with Crippen LogP contribution >= 0.6 is 11.8 Å². The smallest absolute Gasteiger partial charge is 0.497 e. The average Bonchev–Trinajstić information content (AvgIpc) is 3.01. The SMILES string of the molecule is COc1cc(OC)cc(-c2nnc(SC(C)OC(=O)OC(C)C)o2)c1. The molecule has 1 heterocycles. The van der Waals surface area contributed by atoms with Crippen molar-refractivity contribution >= 4 is 17.9 Å². The van der Waals surface area contributed by atoms with Gasteiger partial charge in [-0.25, -0.2) is 4.79 Å². The van der Waals surface area contributed by atoms with Gasteiger partial charge < -0.3 is 23.4 Å². The summed E-state index contributed by atoms with van der Waals surface area (Å²) in [6.07, 6.45) is -0.991. The minimum atomic E-state index is -0.743. The first-order chi connectivity index (χ1) is 11.9. The molecule has 1 atom stereocenters. The Morgan fingerprint density at radius 2 is 1.68 bits per heavy atom. The third-order valence-corrected chi connectivity index (χ3v) is 3.66. The Balaban J connectivity index is 2.06. The number of rotatable bonds is 7. The topological polar surface area (TPSA) is 92.9 Å². The van der Waals surface area contributed by atoms with E-state index in [-0.39, 0.29) is 11.3 Å². The molecule has 0 saturated carbocycles. The van der Waals surface area contributed by atoms with Crippen molar-refractivity contribution in [2.75, 3.05) is 14.2 Å². The van der Waals surface area contributed by atoms with Crippen LogP contribution in [0.5, 0.6) is 11.5 Å². The fourth-order valence-electron chi connectivity index (χ4n) is 1.83. The van der Waals surface area contributed by atoms with Gasteiger partial charge in [0.1, 0.15) is 11.5 Å². The number of methoxy groups -OCH3 is 2. The van der Waals surface area contributed by atoms with Crippen molar-refractivity contribution in [1.82, 2.24) is 10.2 Å². The van der Waals surface area contributed by atoms with Crippen molar-refractivity contribution in [3.8, 4) is 23.0 Å². The zero-order valence-corrected chi connectivity index (χ0v) is 15.5. The summed E-state index contributed by atoms with van der Waals surface area (Å²) in [5.41, 5.74) is 0.114. The van der Waals surface area contributed by atoms with Crippen LogP contribution in [0.3, 0.4) is 0 Å². The number of benzene rings is 1. The fraction of sp³-hybridized carbons (Fsp3) is 0.438. The van der Waals surface area contributed by atoms with Gasteiger partial charge in [-0.1, -0.05) is 0 Å². The van der Waals surface area contributed by atoms with Gasteiger partial charge in [0.2, 0.25) is 5.89 Å². The molecule has 0 fully saturated rings. The van der Waals surface area contributed by atoms with E-state index in [2.05, 4.69) is 10.2 Å². The summed E-state index contributed by atoms with van der Waals surface area (Å²) in [6, 6.07) is 5.25. The molecule has 25 heavy (non-hydrogen) atoms. The van der Waals surface area contributed by atoms with E-state index in [1.807, 2.05) is 0 Å². The highest BCUT2D eigenvalue weighted by Crippen LogP contribution is 2.31. The lowest BCUT2D eigenvalue weighted by molar-refractivity contribution is 0.0310. The maximum Gasteiger partial charge on any atom is 0.509 e. The number of carbonyl (C=O) groups excluding carboxylic acids is 1. The molecular weight excluding hydrogens is 348 g/mol. The van der Waals surface area contributed by atoms with E-state index >= 15 is 0 Å². The third-order valence-electron chi connectivity index (χ3n) is 2.87. The number of hydrogen-bond acceptors (Lipinski definition) is 9. The van der Waals surface area contributed by atoms with Crippen LogP contribution in [0.25, 0.3) is 11.5 Å². The number of ether oxygens (including phenoxy) is 4. The highest BCUT2D eigenvalue weighted by atomic mass is 32.2. The highest BCUT2D eigenvalue weighted by molar-refractivity contribution is 7.99. The maximum absolute atomic E-state index is 11.5. The fourth-order valence-corrected chi connectivity index (χ4v) is 2.45. The lowest BCUT2D eigenvalue weighted by Crippen LogP contribution is -2.17. The van der Waals surface area contributed by atoms with Crippen LogP contribution in [0.4, 0.5) is 4.79 Å². The molecule has 9 heteroatoms. The lowest BCUT2D eigenvalue weighted by Gasteiger charge is -2.12. The minimum absolute atomic E-state index is 0.247. The Bertz CT molecular complexity index is 696. The van der Waals surface area contributed by atoms with E-state index in [9.17, 15) is 4.79 Å². The van der Waals surface area contributed by atoms with E-state index in [1.54, 1.807) is 53.2 Å². The molecule has 2 rings (SSSR count). The van der Waals surface area contributed by atoms with Crippen molar-refractivity contribution in [3.63, 3.8) is 0 Å². The van der Waals surface area contributed by atoms with Gasteiger partial charge in [-0.15, -0.1) is 10.2 Å². The normalized spacial score (nSPS) is 11.9. The second-order valence-electron chi connectivity index (χ2n) is 5.19. The van der Waals surface area contributed by atoms with Gasteiger partial charge in [0.25, 0.3) is 5.22 Å². The molecule has 0 N–H and O–H groups in total. The summed E-state index contributed by atoms with van der Waals surface area (Å²) in [7, 11) is 3.12. The molecule has 0 saturated heterocycles. The second kappa shape index (κ2) is 8.61. The summed E-state index contributed by atoms with van der Waals surface area (Å²) < 4.78 is 26.0. The van der Waals surface area contributed by atoms with Crippen LogP contribution in [-0.2, 0) is 9.47 Å². The molecule has 136 valence electrons. The van der Waals surface area contributed by atoms with Crippen molar-refractivity contribution in [2.45, 2.75) is 37.5 Å². The van der Waals surface area contributed by atoms with Crippen LogP contribution in [0.15, 0.2) is 27.8 Å². The van der Waals surface area contributed by atoms with E-state index in [0.717, 1.165) is 11.8 Å². The number of aromatic nitrogens is 2. The zero-order valence-electron chi connectivity index (χ0n) is 14.6. The molecule has 1 aromatic heterocycles. The van der Waals surface area contributed by atoms with Crippen LogP contribution < -0.4 is 9.47 Å². The summed E-state index contributed by atoms with van der Waals surface area (Å²) >= 11 is 1.11. The Labute approximate surface area is 149 Å². The molecule has 2 aromatic rings. The summed E-state index contributed by atoms with van der Waals surface area (Å²) in [5.74, 6) is 1.52. The average molecular weight is 368 g/mol.